The van der Waals surface area contributed by atoms with Crippen LogP contribution in [-0.4, -0.2) is 33.7 Å². The maximum absolute atomic E-state index is 11.5. The number of carbonyl (C=O) groups is 2. The quantitative estimate of drug-likeness (QED) is 0.861. The van der Waals surface area contributed by atoms with Gasteiger partial charge in [-0.25, -0.2) is 9.78 Å². The summed E-state index contributed by atoms with van der Waals surface area (Å²) in [4.78, 5) is 26.8. The molecule has 0 fully saturated rings. The molecule has 0 bridgehead atoms. The van der Waals surface area contributed by atoms with Gasteiger partial charge in [-0.05, 0) is 20.8 Å². The zero-order valence-corrected chi connectivity index (χ0v) is 11.7. The molecule has 1 rings (SSSR count). The Balaban J connectivity index is 2.22. The topological polar surface area (TPSA) is 85.3 Å². The van der Waals surface area contributed by atoms with Crippen LogP contribution >= 0.6 is 0 Å². The van der Waals surface area contributed by atoms with E-state index in [1.165, 1.54) is 0 Å². The standard InChI is InChI=1S/C12H20N4O3/c1-12(2,3)19-11(18)13-6-5-10(17)15-9-7-16(4)8-14-9/h7-8H,5-6H2,1-4H3,(H,13,18)(H,15,17). The minimum absolute atomic E-state index is 0.163. The number of carbonyl (C=O) groups excluding carboxylic acids is 2. The average molecular weight is 268 g/mol. The van der Waals surface area contributed by atoms with Crippen molar-refractivity contribution in [3.8, 4) is 0 Å². The Morgan fingerprint density at radius 1 is 1.42 bits per heavy atom. The number of nitrogens with one attached hydrogen (secondary N) is 2. The van der Waals surface area contributed by atoms with Crippen LogP contribution in [-0.2, 0) is 16.6 Å². The van der Waals surface area contributed by atoms with Crippen LogP contribution in [0.15, 0.2) is 12.5 Å². The van der Waals surface area contributed by atoms with Gasteiger partial charge in [0.1, 0.15) is 5.60 Å². The van der Waals surface area contributed by atoms with Crippen molar-refractivity contribution in [2.45, 2.75) is 32.8 Å². The zero-order chi connectivity index (χ0) is 14.5. The molecule has 0 aliphatic carbocycles. The number of rotatable bonds is 4. The highest BCUT2D eigenvalue weighted by molar-refractivity contribution is 5.89. The van der Waals surface area contributed by atoms with E-state index in [4.69, 9.17) is 4.74 Å². The van der Waals surface area contributed by atoms with Gasteiger partial charge in [-0.2, -0.15) is 0 Å². The SMILES string of the molecule is Cn1cnc(NC(=O)CCNC(=O)OC(C)(C)C)c1. The Morgan fingerprint density at radius 3 is 2.63 bits per heavy atom. The van der Waals surface area contributed by atoms with Crippen molar-refractivity contribution in [2.75, 3.05) is 11.9 Å². The van der Waals surface area contributed by atoms with Crippen molar-refractivity contribution in [1.82, 2.24) is 14.9 Å². The molecule has 7 heteroatoms. The third-order valence-corrected chi connectivity index (χ3v) is 1.99. The lowest BCUT2D eigenvalue weighted by Gasteiger charge is -2.19. The van der Waals surface area contributed by atoms with Crippen LogP contribution < -0.4 is 10.6 Å². The first-order valence-corrected chi connectivity index (χ1v) is 6.01. The molecular weight excluding hydrogens is 248 g/mol. The van der Waals surface area contributed by atoms with Gasteiger partial charge in [0.25, 0.3) is 0 Å². The van der Waals surface area contributed by atoms with Gasteiger partial charge in [0, 0.05) is 26.2 Å². The highest BCUT2D eigenvalue weighted by atomic mass is 16.6. The van der Waals surface area contributed by atoms with E-state index in [9.17, 15) is 9.59 Å². The van der Waals surface area contributed by atoms with Gasteiger partial charge in [-0.3, -0.25) is 4.79 Å². The van der Waals surface area contributed by atoms with Gasteiger partial charge >= 0.3 is 6.09 Å². The minimum atomic E-state index is -0.541. The number of ether oxygens (including phenoxy) is 1. The predicted molar refractivity (Wildman–Crippen MR) is 70.7 cm³/mol. The van der Waals surface area contributed by atoms with Gasteiger partial charge < -0.3 is 19.9 Å². The summed E-state index contributed by atoms with van der Waals surface area (Å²) in [5.74, 6) is 0.277. The molecule has 0 aromatic carbocycles. The van der Waals surface area contributed by atoms with Crippen LogP contribution in [0.3, 0.4) is 0 Å². The van der Waals surface area contributed by atoms with Gasteiger partial charge in [-0.1, -0.05) is 0 Å². The first kappa shape index (κ1) is 15.0. The van der Waals surface area contributed by atoms with Crippen molar-refractivity contribution in [2.24, 2.45) is 7.05 Å². The van der Waals surface area contributed by atoms with Crippen LogP contribution in [0.4, 0.5) is 10.6 Å². The summed E-state index contributed by atoms with van der Waals surface area (Å²) in [5, 5.41) is 5.14. The average Bonchev–Trinajstić information content (AvgIpc) is 2.61. The second-order valence-corrected chi connectivity index (χ2v) is 5.15. The molecule has 0 radical (unpaired) electrons. The fraction of sp³-hybridized carbons (Fsp3) is 0.583. The predicted octanol–water partition coefficient (Wildman–Crippen LogP) is 1.27. The fourth-order valence-electron chi connectivity index (χ4n) is 1.27. The van der Waals surface area contributed by atoms with Crippen LogP contribution in [0.25, 0.3) is 0 Å². The molecule has 19 heavy (non-hydrogen) atoms. The monoisotopic (exact) mass is 268 g/mol. The van der Waals surface area contributed by atoms with Gasteiger partial charge in [-0.15, -0.1) is 0 Å². The number of aromatic nitrogens is 2. The smallest absolute Gasteiger partial charge is 0.407 e. The Labute approximate surface area is 112 Å². The summed E-state index contributed by atoms with van der Waals surface area (Å²) in [5.41, 5.74) is -0.541. The number of hydrogen-bond donors (Lipinski definition) is 2. The van der Waals surface area contributed by atoms with E-state index in [0.717, 1.165) is 0 Å². The Kier molecular flexibility index (Phi) is 4.91. The van der Waals surface area contributed by atoms with E-state index in [1.807, 2.05) is 7.05 Å². The van der Waals surface area contributed by atoms with Gasteiger partial charge in [0.05, 0.1) is 6.33 Å². The molecule has 2 N–H and O–H groups in total. The lowest BCUT2D eigenvalue weighted by Crippen LogP contribution is -2.34. The first-order chi connectivity index (χ1) is 8.76. The molecule has 2 amide bonds. The number of alkyl carbamates (subject to hydrolysis) is 1. The first-order valence-electron chi connectivity index (χ1n) is 6.01. The molecular formula is C12H20N4O3. The molecule has 0 saturated heterocycles. The van der Waals surface area contributed by atoms with Crippen molar-refractivity contribution in [3.05, 3.63) is 12.5 Å². The Bertz CT molecular complexity index is 448. The molecule has 0 saturated carbocycles. The van der Waals surface area contributed by atoms with Gasteiger partial charge in [0.15, 0.2) is 5.82 Å². The molecule has 0 unspecified atom stereocenters. The third kappa shape index (κ3) is 6.44. The van der Waals surface area contributed by atoms with Crippen LogP contribution in [0.5, 0.6) is 0 Å². The lowest BCUT2D eigenvalue weighted by molar-refractivity contribution is -0.116. The molecule has 106 valence electrons. The van der Waals surface area contributed by atoms with E-state index >= 15 is 0 Å². The van der Waals surface area contributed by atoms with E-state index in [-0.39, 0.29) is 18.9 Å². The maximum Gasteiger partial charge on any atom is 0.407 e. The summed E-state index contributed by atoms with van der Waals surface area (Å²) in [7, 11) is 1.81. The number of nitrogens with zero attached hydrogens (tertiary/aromatic N) is 2. The highest BCUT2D eigenvalue weighted by Crippen LogP contribution is 2.06. The number of aryl methyl sites for hydroxylation is 1. The molecule has 0 aliphatic heterocycles. The van der Waals surface area contributed by atoms with Crippen LogP contribution in [0.2, 0.25) is 0 Å². The number of imidazole rings is 1. The van der Waals surface area contributed by atoms with Gasteiger partial charge in [0.2, 0.25) is 5.91 Å². The second-order valence-electron chi connectivity index (χ2n) is 5.15. The molecule has 0 aliphatic rings. The lowest BCUT2D eigenvalue weighted by atomic mass is 10.2. The molecule has 0 spiro atoms. The maximum atomic E-state index is 11.5. The van der Waals surface area contributed by atoms with E-state index in [0.29, 0.717) is 5.82 Å². The summed E-state index contributed by atoms with van der Waals surface area (Å²) < 4.78 is 6.77. The Morgan fingerprint density at radius 2 is 2.11 bits per heavy atom. The molecule has 1 aromatic heterocycles. The normalized spacial score (nSPS) is 10.9. The number of anilines is 1. The van der Waals surface area contributed by atoms with Crippen molar-refractivity contribution >= 4 is 17.8 Å². The molecule has 1 heterocycles. The fourth-order valence-corrected chi connectivity index (χ4v) is 1.27. The van der Waals surface area contributed by atoms with E-state index in [2.05, 4.69) is 15.6 Å². The summed E-state index contributed by atoms with van der Waals surface area (Å²) >= 11 is 0. The van der Waals surface area contributed by atoms with Crippen LogP contribution in [0.1, 0.15) is 27.2 Å². The number of hydrogen-bond acceptors (Lipinski definition) is 4. The van der Waals surface area contributed by atoms with Crippen molar-refractivity contribution in [1.29, 1.82) is 0 Å². The van der Waals surface area contributed by atoms with Crippen LogP contribution in [0, 0.1) is 0 Å². The van der Waals surface area contributed by atoms with Crippen molar-refractivity contribution < 1.29 is 14.3 Å². The molecule has 1 aromatic rings. The zero-order valence-electron chi connectivity index (χ0n) is 11.7. The van der Waals surface area contributed by atoms with E-state index < -0.39 is 11.7 Å². The largest absolute Gasteiger partial charge is 0.444 e. The molecule has 7 nitrogen and oxygen atoms in total. The van der Waals surface area contributed by atoms with E-state index in [1.54, 1.807) is 37.9 Å². The highest BCUT2D eigenvalue weighted by Gasteiger charge is 2.15. The summed E-state index contributed by atoms with van der Waals surface area (Å²) in [6.45, 7) is 5.55. The summed E-state index contributed by atoms with van der Waals surface area (Å²) in [6, 6.07) is 0. The number of amides is 2. The second kappa shape index (κ2) is 6.21. The summed E-state index contributed by atoms with van der Waals surface area (Å²) in [6.07, 6.45) is 2.92. The minimum Gasteiger partial charge on any atom is -0.444 e. The third-order valence-electron chi connectivity index (χ3n) is 1.99. The van der Waals surface area contributed by atoms with Crippen molar-refractivity contribution in [3.63, 3.8) is 0 Å². The Hall–Kier alpha value is -2.05. The molecule has 0 atom stereocenters.